The molecule has 2 N–H and O–H groups in total. The summed E-state index contributed by atoms with van der Waals surface area (Å²) in [4.78, 5) is 0.189. The Kier molecular flexibility index (Phi) is 7.05. The van der Waals surface area contributed by atoms with Crippen LogP contribution < -0.4 is 5.73 Å². The lowest BCUT2D eigenvalue weighted by molar-refractivity contribution is 0.296. The summed E-state index contributed by atoms with van der Waals surface area (Å²) in [6.07, 6.45) is 4.89. The van der Waals surface area contributed by atoms with E-state index in [2.05, 4.69) is 6.92 Å². The third-order valence-corrected chi connectivity index (χ3v) is 4.26. The summed E-state index contributed by atoms with van der Waals surface area (Å²) in [7, 11) is -3.64. The van der Waals surface area contributed by atoms with Crippen LogP contribution in [-0.2, 0) is 14.3 Å². The summed E-state index contributed by atoms with van der Waals surface area (Å²) in [6, 6.07) is 8.17. The van der Waals surface area contributed by atoms with Crippen molar-refractivity contribution >= 4 is 10.1 Å². The molecule has 0 radical (unpaired) electrons. The Labute approximate surface area is 116 Å². The minimum atomic E-state index is -3.64. The molecule has 1 atom stereocenters. The van der Waals surface area contributed by atoms with Crippen LogP contribution in [0.5, 0.6) is 0 Å². The summed E-state index contributed by atoms with van der Waals surface area (Å²) in [6.45, 7) is 2.28. The predicted octanol–water partition coefficient (Wildman–Crippen LogP) is 2.69. The maximum absolute atomic E-state index is 11.8. The lowest BCUT2D eigenvalue weighted by atomic mass is 10.1. The Bertz CT molecular complexity index is 445. The van der Waals surface area contributed by atoms with Crippen LogP contribution in [0.15, 0.2) is 35.2 Å². The molecule has 0 saturated heterocycles. The van der Waals surface area contributed by atoms with Gasteiger partial charge in [0.15, 0.2) is 0 Å². The first-order chi connectivity index (χ1) is 9.06. The molecule has 4 nitrogen and oxygen atoms in total. The minimum absolute atomic E-state index is 0.0116. The molecular weight excluding hydrogens is 262 g/mol. The molecule has 0 aliphatic heterocycles. The summed E-state index contributed by atoms with van der Waals surface area (Å²) in [5, 5.41) is 0. The fourth-order valence-electron chi connectivity index (χ4n) is 1.77. The van der Waals surface area contributed by atoms with Crippen LogP contribution in [0.3, 0.4) is 0 Å². The lowest BCUT2D eigenvalue weighted by Gasteiger charge is -2.11. The van der Waals surface area contributed by atoms with Crippen LogP contribution in [-0.4, -0.2) is 21.1 Å². The van der Waals surface area contributed by atoms with Crippen LogP contribution in [0.4, 0.5) is 0 Å². The van der Waals surface area contributed by atoms with Crippen molar-refractivity contribution in [3.63, 3.8) is 0 Å². The first kappa shape index (κ1) is 16.1. The highest BCUT2D eigenvalue weighted by Crippen LogP contribution is 2.12. The van der Waals surface area contributed by atoms with E-state index in [0.717, 1.165) is 25.7 Å². The maximum Gasteiger partial charge on any atom is 0.296 e. The van der Waals surface area contributed by atoms with Crippen molar-refractivity contribution < 1.29 is 12.6 Å². The van der Waals surface area contributed by atoms with Gasteiger partial charge in [0.25, 0.3) is 10.1 Å². The van der Waals surface area contributed by atoms with E-state index in [1.54, 1.807) is 18.2 Å². The van der Waals surface area contributed by atoms with Gasteiger partial charge in [-0.25, -0.2) is 0 Å². The Morgan fingerprint density at radius 2 is 1.84 bits per heavy atom. The Hall–Kier alpha value is -0.910. The SMILES string of the molecule is CCCCCC(N)CCOS(=O)(=O)c1ccccc1. The fourth-order valence-corrected chi connectivity index (χ4v) is 2.71. The van der Waals surface area contributed by atoms with E-state index in [0.29, 0.717) is 6.42 Å². The van der Waals surface area contributed by atoms with Gasteiger partial charge < -0.3 is 5.73 Å². The molecule has 1 unspecified atom stereocenters. The molecule has 19 heavy (non-hydrogen) atoms. The van der Waals surface area contributed by atoms with Crippen LogP contribution in [0.2, 0.25) is 0 Å². The third-order valence-electron chi connectivity index (χ3n) is 2.94. The highest BCUT2D eigenvalue weighted by Gasteiger charge is 2.14. The maximum atomic E-state index is 11.8. The van der Waals surface area contributed by atoms with Gasteiger partial charge >= 0.3 is 0 Å². The van der Waals surface area contributed by atoms with Gasteiger partial charge in [-0.2, -0.15) is 8.42 Å². The molecule has 5 heteroatoms. The second kappa shape index (κ2) is 8.30. The highest BCUT2D eigenvalue weighted by molar-refractivity contribution is 7.86. The normalized spacial score (nSPS) is 13.4. The predicted molar refractivity (Wildman–Crippen MR) is 76.3 cm³/mol. The molecule has 0 bridgehead atoms. The van der Waals surface area contributed by atoms with Crippen molar-refractivity contribution in [3.05, 3.63) is 30.3 Å². The van der Waals surface area contributed by atoms with Crippen molar-refractivity contribution in [2.45, 2.75) is 50.0 Å². The molecule has 0 aliphatic carbocycles. The van der Waals surface area contributed by atoms with Crippen molar-refractivity contribution in [2.75, 3.05) is 6.61 Å². The molecule has 0 saturated carbocycles. The van der Waals surface area contributed by atoms with Crippen LogP contribution in [0, 0.1) is 0 Å². The zero-order chi connectivity index (χ0) is 14.1. The van der Waals surface area contributed by atoms with Gasteiger partial charge in [-0.3, -0.25) is 4.18 Å². The van der Waals surface area contributed by atoms with E-state index in [-0.39, 0.29) is 17.5 Å². The summed E-state index contributed by atoms with van der Waals surface area (Å²) in [5.74, 6) is 0. The Balaban J connectivity index is 2.32. The summed E-state index contributed by atoms with van der Waals surface area (Å²) >= 11 is 0. The molecule has 0 heterocycles. The van der Waals surface area contributed by atoms with Crippen LogP contribution >= 0.6 is 0 Å². The summed E-state index contributed by atoms with van der Waals surface area (Å²) < 4.78 is 28.6. The molecule has 0 fully saturated rings. The zero-order valence-corrected chi connectivity index (χ0v) is 12.2. The minimum Gasteiger partial charge on any atom is -0.328 e. The number of rotatable bonds is 9. The standard InChI is InChI=1S/C14H23NO3S/c1-2-3-5-8-13(15)11-12-18-19(16,17)14-9-6-4-7-10-14/h4,6-7,9-10,13H,2-3,5,8,11-12,15H2,1H3. The van der Waals surface area contributed by atoms with E-state index in [1.165, 1.54) is 12.1 Å². The van der Waals surface area contributed by atoms with Gasteiger partial charge in [0.05, 0.1) is 11.5 Å². The largest absolute Gasteiger partial charge is 0.328 e. The first-order valence-corrected chi connectivity index (χ1v) is 8.17. The second-order valence-corrected chi connectivity index (χ2v) is 6.25. The molecule has 1 aromatic rings. The molecule has 0 amide bonds. The van der Waals surface area contributed by atoms with Crippen molar-refractivity contribution in [3.8, 4) is 0 Å². The quantitative estimate of drug-likeness (QED) is 0.559. The Morgan fingerprint density at radius 1 is 1.16 bits per heavy atom. The van der Waals surface area contributed by atoms with Crippen LogP contribution in [0.1, 0.15) is 39.0 Å². The molecule has 108 valence electrons. The van der Waals surface area contributed by atoms with E-state index in [9.17, 15) is 8.42 Å². The topological polar surface area (TPSA) is 69.4 Å². The van der Waals surface area contributed by atoms with Crippen LogP contribution in [0.25, 0.3) is 0 Å². The molecule has 0 spiro atoms. The van der Waals surface area contributed by atoms with Gasteiger partial charge in [-0.15, -0.1) is 0 Å². The lowest BCUT2D eigenvalue weighted by Crippen LogP contribution is -2.22. The molecule has 0 aliphatic rings. The molecular formula is C14H23NO3S. The van der Waals surface area contributed by atoms with Gasteiger partial charge in [0.1, 0.15) is 0 Å². The van der Waals surface area contributed by atoms with Gasteiger partial charge in [0.2, 0.25) is 0 Å². The average molecular weight is 285 g/mol. The number of nitrogens with two attached hydrogens (primary N) is 1. The number of hydrogen-bond acceptors (Lipinski definition) is 4. The van der Waals surface area contributed by atoms with Crippen molar-refractivity contribution in [1.82, 2.24) is 0 Å². The summed E-state index contributed by atoms with van der Waals surface area (Å²) in [5.41, 5.74) is 5.91. The number of benzene rings is 1. The van der Waals surface area contributed by atoms with Crippen molar-refractivity contribution in [2.24, 2.45) is 5.73 Å². The van der Waals surface area contributed by atoms with E-state index >= 15 is 0 Å². The van der Waals surface area contributed by atoms with Gasteiger partial charge in [0, 0.05) is 6.04 Å². The third kappa shape index (κ3) is 6.18. The second-order valence-electron chi connectivity index (χ2n) is 4.63. The first-order valence-electron chi connectivity index (χ1n) is 6.76. The number of unbranched alkanes of at least 4 members (excludes halogenated alkanes) is 2. The monoisotopic (exact) mass is 285 g/mol. The van der Waals surface area contributed by atoms with Gasteiger partial charge in [-0.1, -0.05) is 44.4 Å². The zero-order valence-electron chi connectivity index (χ0n) is 11.4. The fraction of sp³-hybridized carbons (Fsp3) is 0.571. The smallest absolute Gasteiger partial charge is 0.296 e. The molecule has 1 aromatic carbocycles. The molecule has 0 aromatic heterocycles. The van der Waals surface area contributed by atoms with E-state index in [1.807, 2.05) is 0 Å². The van der Waals surface area contributed by atoms with E-state index < -0.39 is 10.1 Å². The highest BCUT2D eigenvalue weighted by atomic mass is 32.2. The Morgan fingerprint density at radius 3 is 2.47 bits per heavy atom. The van der Waals surface area contributed by atoms with Gasteiger partial charge in [-0.05, 0) is 25.0 Å². The number of hydrogen-bond donors (Lipinski definition) is 1. The average Bonchev–Trinajstić information content (AvgIpc) is 2.40. The van der Waals surface area contributed by atoms with Crippen molar-refractivity contribution in [1.29, 1.82) is 0 Å². The molecule has 1 rings (SSSR count). The van der Waals surface area contributed by atoms with E-state index in [4.69, 9.17) is 9.92 Å².